The molecule has 136 valence electrons. The highest BCUT2D eigenvalue weighted by Gasteiger charge is 2.29. The molecule has 0 aliphatic carbocycles. The largest absolute Gasteiger partial charge is 0.370 e. The van der Waals surface area contributed by atoms with Gasteiger partial charge in [-0.2, -0.15) is 5.10 Å². The number of fused-ring (bicyclic) bond motifs is 1. The van der Waals surface area contributed by atoms with Gasteiger partial charge in [0.15, 0.2) is 0 Å². The molecule has 2 amide bonds. The number of carbonyl (C=O) groups is 2. The van der Waals surface area contributed by atoms with Crippen LogP contribution in [0.2, 0.25) is 0 Å². The molecule has 0 radical (unpaired) electrons. The number of amides is 2. The third-order valence-corrected chi connectivity index (χ3v) is 4.83. The number of hydrogen-bond acceptors (Lipinski definition) is 4. The molecule has 2 N–H and O–H groups in total. The van der Waals surface area contributed by atoms with Gasteiger partial charge in [0.05, 0.1) is 18.8 Å². The fourth-order valence-electron chi connectivity index (χ4n) is 3.47. The van der Waals surface area contributed by atoms with Crippen molar-refractivity contribution >= 4 is 11.8 Å². The van der Waals surface area contributed by atoms with Gasteiger partial charge in [-0.1, -0.05) is 30.3 Å². The molecule has 0 spiro atoms. The van der Waals surface area contributed by atoms with E-state index in [-0.39, 0.29) is 17.9 Å². The molecule has 4 rings (SSSR count). The lowest BCUT2D eigenvalue weighted by Crippen LogP contribution is -2.43. The molecule has 2 aliphatic heterocycles. The molecule has 7 heteroatoms. The van der Waals surface area contributed by atoms with E-state index in [1.54, 1.807) is 0 Å². The molecular weight excluding hydrogens is 332 g/mol. The van der Waals surface area contributed by atoms with Gasteiger partial charge in [0.25, 0.3) is 0 Å². The zero-order valence-electron chi connectivity index (χ0n) is 14.5. The summed E-state index contributed by atoms with van der Waals surface area (Å²) in [7, 11) is 0. The number of carbonyl (C=O) groups excluding carboxylic acids is 2. The minimum atomic E-state index is -0.429. The summed E-state index contributed by atoms with van der Waals surface area (Å²) in [6.07, 6.45) is 3.60. The number of hydrogen-bond donors (Lipinski definition) is 2. The molecule has 1 unspecified atom stereocenters. The van der Waals surface area contributed by atoms with Crippen LogP contribution in [0.25, 0.3) is 0 Å². The molecule has 2 aromatic rings. The Labute approximate surface area is 151 Å². The smallest absolute Gasteiger partial charge is 0.242 e. The predicted octanol–water partition coefficient (Wildman–Crippen LogP) is 0.940. The Morgan fingerprint density at radius 1 is 1.31 bits per heavy atom. The zero-order valence-corrected chi connectivity index (χ0v) is 14.5. The van der Waals surface area contributed by atoms with Gasteiger partial charge in [-0.15, -0.1) is 0 Å². The molecule has 0 bridgehead atoms. The molecule has 7 nitrogen and oxygen atoms in total. The number of ether oxygens (including phenoxy) is 1. The summed E-state index contributed by atoms with van der Waals surface area (Å²) < 4.78 is 7.76. The SMILES string of the molecule is O=C1CC[C@H](C(=O)NCC2OCCc3cn(Cc4ccccc4)nc32)N1. The average molecular weight is 354 g/mol. The van der Waals surface area contributed by atoms with Crippen LogP contribution in [0, 0.1) is 0 Å². The van der Waals surface area contributed by atoms with Crippen LogP contribution in [0.1, 0.15) is 35.8 Å². The lowest BCUT2D eigenvalue weighted by atomic mass is 10.1. The van der Waals surface area contributed by atoms with Gasteiger partial charge in [-0.3, -0.25) is 14.3 Å². The molecular formula is C19H22N4O3. The van der Waals surface area contributed by atoms with Crippen molar-refractivity contribution in [1.82, 2.24) is 20.4 Å². The van der Waals surface area contributed by atoms with Crippen molar-refractivity contribution in [2.45, 2.75) is 38.0 Å². The highest BCUT2D eigenvalue weighted by molar-refractivity contribution is 5.90. The maximum atomic E-state index is 12.2. The Balaban J connectivity index is 1.40. The maximum Gasteiger partial charge on any atom is 0.242 e. The third kappa shape index (κ3) is 3.62. The van der Waals surface area contributed by atoms with Crippen molar-refractivity contribution in [3.63, 3.8) is 0 Å². The summed E-state index contributed by atoms with van der Waals surface area (Å²) in [4.78, 5) is 23.4. The zero-order chi connectivity index (χ0) is 17.9. The standard InChI is InChI=1S/C19H22N4O3/c24-17-7-6-15(21-17)19(25)20-10-16-18-14(8-9-26-16)12-23(22-18)11-13-4-2-1-3-5-13/h1-5,12,15-16H,6-11H2,(H,20,25)(H,21,24)/t15-,16?/m1/s1. The van der Waals surface area contributed by atoms with Crippen LogP contribution in [-0.4, -0.2) is 40.8 Å². The van der Waals surface area contributed by atoms with E-state index in [1.165, 1.54) is 11.1 Å². The monoisotopic (exact) mass is 354 g/mol. The Bertz CT molecular complexity index is 802. The summed E-state index contributed by atoms with van der Waals surface area (Å²) in [6.45, 7) is 1.69. The fourth-order valence-corrected chi connectivity index (χ4v) is 3.47. The molecule has 2 aliphatic rings. The third-order valence-electron chi connectivity index (χ3n) is 4.83. The highest BCUT2D eigenvalue weighted by atomic mass is 16.5. The second-order valence-electron chi connectivity index (χ2n) is 6.74. The second kappa shape index (κ2) is 7.29. The first-order valence-corrected chi connectivity index (χ1v) is 8.98. The first kappa shape index (κ1) is 16.8. The van der Waals surface area contributed by atoms with Crippen LogP contribution in [0.3, 0.4) is 0 Å². The molecule has 1 aromatic carbocycles. The Hall–Kier alpha value is -2.67. The number of benzene rings is 1. The summed E-state index contributed by atoms with van der Waals surface area (Å²) in [6, 6.07) is 9.75. The Kier molecular flexibility index (Phi) is 4.71. The fraction of sp³-hybridized carbons (Fsp3) is 0.421. The topological polar surface area (TPSA) is 85.2 Å². The van der Waals surface area contributed by atoms with Crippen LogP contribution >= 0.6 is 0 Å². The average Bonchev–Trinajstić information content (AvgIpc) is 3.26. The van der Waals surface area contributed by atoms with E-state index in [0.29, 0.717) is 32.5 Å². The molecule has 3 heterocycles. The minimum Gasteiger partial charge on any atom is -0.370 e. The van der Waals surface area contributed by atoms with E-state index < -0.39 is 6.04 Å². The van der Waals surface area contributed by atoms with Crippen molar-refractivity contribution < 1.29 is 14.3 Å². The minimum absolute atomic E-state index is 0.0685. The van der Waals surface area contributed by atoms with Crippen LogP contribution in [0.15, 0.2) is 36.5 Å². The molecule has 1 aromatic heterocycles. The highest BCUT2D eigenvalue weighted by Crippen LogP contribution is 2.25. The molecule has 26 heavy (non-hydrogen) atoms. The van der Waals surface area contributed by atoms with Gasteiger partial charge >= 0.3 is 0 Å². The van der Waals surface area contributed by atoms with E-state index in [0.717, 1.165) is 12.1 Å². The maximum absolute atomic E-state index is 12.2. The normalized spacial score (nSPS) is 21.9. The number of nitrogens with one attached hydrogen (secondary N) is 2. The van der Waals surface area contributed by atoms with Crippen molar-refractivity contribution in [1.29, 1.82) is 0 Å². The molecule has 0 saturated carbocycles. The quantitative estimate of drug-likeness (QED) is 0.837. The van der Waals surface area contributed by atoms with Crippen molar-refractivity contribution in [3.05, 3.63) is 53.3 Å². The summed E-state index contributed by atoms with van der Waals surface area (Å²) in [5.74, 6) is -0.226. The molecule has 2 atom stereocenters. The lowest BCUT2D eigenvalue weighted by molar-refractivity contribution is -0.126. The van der Waals surface area contributed by atoms with E-state index >= 15 is 0 Å². The van der Waals surface area contributed by atoms with Crippen molar-refractivity contribution in [2.24, 2.45) is 0 Å². The summed E-state index contributed by atoms with van der Waals surface area (Å²) >= 11 is 0. The van der Waals surface area contributed by atoms with Gasteiger partial charge < -0.3 is 15.4 Å². The van der Waals surface area contributed by atoms with Gasteiger partial charge in [0.1, 0.15) is 12.1 Å². The van der Waals surface area contributed by atoms with E-state index in [2.05, 4.69) is 34.1 Å². The van der Waals surface area contributed by atoms with Gasteiger partial charge in [-0.25, -0.2) is 0 Å². The second-order valence-corrected chi connectivity index (χ2v) is 6.74. The van der Waals surface area contributed by atoms with Gasteiger partial charge in [-0.05, 0) is 24.0 Å². The van der Waals surface area contributed by atoms with Crippen LogP contribution < -0.4 is 10.6 Å². The van der Waals surface area contributed by atoms with E-state index in [1.807, 2.05) is 22.9 Å². The number of rotatable bonds is 5. The molecule has 1 saturated heterocycles. The van der Waals surface area contributed by atoms with Gasteiger partial charge in [0.2, 0.25) is 11.8 Å². The van der Waals surface area contributed by atoms with E-state index in [9.17, 15) is 9.59 Å². The van der Waals surface area contributed by atoms with Crippen LogP contribution in [0.4, 0.5) is 0 Å². The van der Waals surface area contributed by atoms with Crippen molar-refractivity contribution in [3.8, 4) is 0 Å². The number of nitrogens with zero attached hydrogens (tertiary/aromatic N) is 2. The van der Waals surface area contributed by atoms with Crippen molar-refractivity contribution in [2.75, 3.05) is 13.2 Å². The predicted molar refractivity (Wildman–Crippen MR) is 94.3 cm³/mol. The summed E-state index contributed by atoms with van der Waals surface area (Å²) in [5, 5.41) is 10.3. The Morgan fingerprint density at radius 2 is 2.15 bits per heavy atom. The van der Waals surface area contributed by atoms with E-state index in [4.69, 9.17) is 4.74 Å². The first-order chi connectivity index (χ1) is 12.7. The lowest BCUT2D eigenvalue weighted by Gasteiger charge is -2.23. The first-order valence-electron chi connectivity index (χ1n) is 8.98. The van der Waals surface area contributed by atoms with Crippen LogP contribution in [0.5, 0.6) is 0 Å². The Morgan fingerprint density at radius 3 is 2.92 bits per heavy atom. The molecule has 1 fully saturated rings. The number of aromatic nitrogens is 2. The van der Waals surface area contributed by atoms with Gasteiger partial charge in [0, 0.05) is 19.2 Å². The van der Waals surface area contributed by atoms with Crippen LogP contribution in [-0.2, 0) is 27.3 Å². The summed E-state index contributed by atoms with van der Waals surface area (Å²) in [5.41, 5.74) is 3.25.